The van der Waals surface area contributed by atoms with E-state index >= 15 is 0 Å². The van der Waals surface area contributed by atoms with Gasteiger partial charge in [0.15, 0.2) is 12.8 Å². The lowest BCUT2D eigenvalue weighted by Gasteiger charge is -2.09. The number of nitrogens with zero attached hydrogens (tertiary/aromatic N) is 5. The topological polar surface area (TPSA) is 84.4 Å². The lowest BCUT2D eigenvalue weighted by Crippen LogP contribution is -2.09. The quantitative estimate of drug-likeness (QED) is 0.483. The Kier molecular flexibility index (Phi) is 4.78. The average Bonchev–Trinajstić information content (AvgIpc) is 3.14. The van der Waals surface area contributed by atoms with Crippen molar-refractivity contribution < 1.29 is 22.9 Å². The van der Waals surface area contributed by atoms with E-state index in [0.717, 1.165) is 0 Å². The maximum atomic E-state index is 13.6. The molecular weight excluding hydrogens is 401 g/mol. The van der Waals surface area contributed by atoms with Crippen LogP contribution in [0.15, 0.2) is 61.1 Å². The number of alkyl halides is 3. The lowest BCUT2D eigenvalue weighted by molar-refractivity contribution is -0.736. The molecule has 30 heavy (non-hydrogen) atoms. The number of halogens is 3. The fourth-order valence-electron chi connectivity index (χ4n) is 2.90. The molecule has 0 saturated carbocycles. The Balaban J connectivity index is 1.72. The number of pyridine rings is 1. The predicted molar refractivity (Wildman–Crippen MR) is 101 cm³/mol. The van der Waals surface area contributed by atoms with E-state index in [1.807, 2.05) is 0 Å². The zero-order valence-electron chi connectivity index (χ0n) is 15.5. The van der Waals surface area contributed by atoms with E-state index in [4.69, 9.17) is 0 Å². The van der Waals surface area contributed by atoms with Crippen molar-refractivity contribution >= 4 is 22.8 Å². The SMILES string of the molecule is CO[N+](=O)c1ccc(Nc2cncc(-c3c(C(F)(F)F)nc4ccccn34)n2)cc1. The van der Waals surface area contributed by atoms with Crippen molar-refractivity contribution in [2.45, 2.75) is 6.18 Å². The van der Waals surface area contributed by atoms with Crippen molar-refractivity contribution in [3.63, 3.8) is 0 Å². The molecule has 0 saturated heterocycles. The van der Waals surface area contributed by atoms with Crippen LogP contribution < -0.4 is 5.32 Å². The van der Waals surface area contributed by atoms with Crippen LogP contribution in [0, 0.1) is 4.91 Å². The van der Waals surface area contributed by atoms with Gasteiger partial charge in [-0.1, -0.05) is 6.07 Å². The van der Waals surface area contributed by atoms with Gasteiger partial charge >= 0.3 is 11.9 Å². The minimum absolute atomic E-state index is 0.00719. The van der Waals surface area contributed by atoms with Gasteiger partial charge in [-0.15, -0.1) is 0 Å². The Labute approximate surface area is 167 Å². The summed E-state index contributed by atoms with van der Waals surface area (Å²) >= 11 is 0. The summed E-state index contributed by atoms with van der Waals surface area (Å²) in [5.74, 6) is 0.227. The minimum atomic E-state index is -4.66. The Morgan fingerprint density at radius 1 is 1.07 bits per heavy atom. The third kappa shape index (κ3) is 3.64. The molecule has 152 valence electrons. The number of rotatable bonds is 5. The van der Waals surface area contributed by atoms with Gasteiger partial charge in [-0.3, -0.25) is 9.38 Å². The van der Waals surface area contributed by atoms with Crippen molar-refractivity contribution in [2.75, 3.05) is 12.4 Å². The van der Waals surface area contributed by atoms with Gasteiger partial charge in [-0.05, 0) is 24.3 Å². The Morgan fingerprint density at radius 3 is 2.53 bits per heavy atom. The predicted octanol–water partition coefficient (Wildman–Crippen LogP) is 4.53. The summed E-state index contributed by atoms with van der Waals surface area (Å²) in [6.45, 7) is 0. The van der Waals surface area contributed by atoms with E-state index in [1.165, 1.54) is 48.3 Å². The summed E-state index contributed by atoms with van der Waals surface area (Å²) in [5.41, 5.74) is -0.248. The first-order chi connectivity index (χ1) is 14.4. The number of hydrogen-bond donors (Lipinski definition) is 1. The van der Waals surface area contributed by atoms with Gasteiger partial charge in [0.25, 0.3) is 4.92 Å². The van der Waals surface area contributed by atoms with Gasteiger partial charge in [-0.25, -0.2) is 14.8 Å². The summed E-state index contributed by atoms with van der Waals surface area (Å²) in [4.78, 5) is 28.3. The molecule has 4 aromatic rings. The summed E-state index contributed by atoms with van der Waals surface area (Å²) in [6.07, 6.45) is -0.553. The number of aromatic nitrogens is 4. The average molecular weight is 415 g/mol. The van der Waals surface area contributed by atoms with Crippen LogP contribution >= 0.6 is 0 Å². The van der Waals surface area contributed by atoms with Crippen LogP contribution in [0.1, 0.15) is 5.69 Å². The number of fused-ring (bicyclic) bond motifs is 1. The third-order valence-corrected chi connectivity index (χ3v) is 4.19. The maximum absolute atomic E-state index is 13.6. The highest BCUT2D eigenvalue weighted by Crippen LogP contribution is 2.36. The van der Waals surface area contributed by atoms with E-state index in [9.17, 15) is 18.1 Å². The van der Waals surface area contributed by atoms with E-state index in [2.05, 4.69) is 25.1 Å². The Morgan fingerprint density at radius 2 is 1.83 bits per heavy atom. The molecule has 11 heteroatoms. The maximum Gasteiger partial charge on any atom is 0.435 e. The van der Waals surface area contributed by atoms with Gasteiger partial charge in [0, 0.05) is 24.0 Å². The lowest BCUT2D eigenvalue weighted by atomic mass is 10.2. The molecule has 3 aromatic heterocycles. The summed E-state index contributed by atoms with van der Waals surface area (Å²) < 4.78 is 42.0. The van der Waals surface area contributed by atoms with Gasteiger partial charge in [0.1, 0.15) is 22.9 Å². The van der Waals surface area contributed by atoms with Crippen LogP contribution in [0.25, 0.3) is 17.0 Å². The van der Waals surface area contributed by atoms with Gasteiger partial charge in [-0.2, -0.15) is 13.2 Å². The van der Waals surface area contributed by atoms with E-state index in [1.54, 1.807) is 24.3 Å². The van der Waals surface area contributed by atoms with Crippen molar-refractivity contribution in [1.82, 2.24) is 19.4 Å². The van der Waals surface area contributed by atoms with Crippen LogP contribution in [-0.2, 0) is 11.0 Å². The van der Waals surface area contributed by atoms with Gasteiger partial charge in [0.05, 0.1) is 17.3 Å². The Hall–Kier alpha value is -4.02. The highest BCUT2D eigenvalue weighted by atomic mass is 19.4. The molecule has 0 spiro atoms. The summed E-state index contributed by atoms with van der Waals surface area (Å²) in [7, 11) is 1.25. The highest BCUT2D eigenvalue weighted by Gasteiger charge is 2.38. The second-order valence-corrected chi connectivity index (χ2v) is 6.14. The van der Waals surface area contributed by atoms with Crippen LogP contribution in [0.2, 0.25) is 0 Å². The fourth-order valence-corrected chi connectivity index (χ4v) is 2.90. The first-order valence-corrected chi connectivity index (χ1v) is 8.62. The third-order valence-electron chi connectivity index (χ3n) is 4.19. The molecule has 0 aliphatic heterocycles. The fraction of sp³-hybridized carbons (Fsp3) is 0.105. The molecule has 0 unspecified atom stereocenters. The van der Waals surface area contributed by atoms with Crippen molar-refractivity contribution in [1.29, 1.82) is 0 Å². The van der Waals surface area contributed by atoms with Crippen molar-refractivity contribution in [3.05, 3.63) is 71.7 Å². The molecule has 0 bridgehead atoms. The summed E-state index contributed by atoms with van der Waals surface area (Å²) in [5, 5.41) is 2.95. The molecule has 0 aliphatic carbocycles. The first kappa shape index (κ1) is 19.3. The van der Waals surface area contributed by atoms with Crippen LogP contribution in [0.5, 0.6) is 0 Å². The minimum Gasteiger partial charge on any atom is -0.339 e. The highest BCUT2D eigenvalue weighted by molar-refractivity contribution is 5.67. The Bertz CT molecular complexity index is 1220. The molecule has 0 atom stereocenters. The van der Waals surface area contributed by atoms with Crippen LogP contribution in [-0.4, -0.2) is 31.4 Å². The molecule has 4 rings (SSSR count). The number of hydrogen-bond acceptors (Lipinski definition) is 6. The second kappa shape index (κ2) is 7.43. The van der Waals surface area contributed by atoms with E-state index in [-0.39, 0.29) is 28.5 Å². The molecule has 8 nitrogen and oxygen atoms in total. The second-order valence-electron chi connectivity index (χ2n) is 6.14. The van der Waals surface area contributed by atoms with Crippen LogP contribution in [0.4, 0.5) is 30.4 Å². The normalized spacial score (nSPS) is 11.5. The molecule has 0 aliphatic rings. The molecule has 3 heterocycles. The van der Waals surface area contributed by atoms with Crippen molar-refractivity contribution in [3.8, 4) is 11.4 Å². The largest absolute Gasteiger partial charge is 0.435 e. The van der Waals surface area contributed by atoms with Gasteiger partial charge < -0.3 is 5.32 Å². The molecular formula is C19H14F3N6O2+. The number of anilines is 2. The number of nitrogens with one attached hydrogen (secondary N) is 1. The zero-order valence-corrected chi connectivity index (χ0v) is 15.5. The molecule has 0 amide bonds. The smallest absolute Gasteiger partial charge is 0.339 e. The van der Waals surface area contributed by atoms with E-state index < -0.39 is 11.9 Å². The van der Waals surface area contributed by atoms with Crippen LogP contribution in [0.3, 0.4) is 0 Å². The molecule has 0 fully saturated rings. The van der Waals surface area contributed by atoms with E-state index in [0.29, 0.717) is 10.6 Å². The molecule has 1 aromatic carbocycles. The molecule has 1 N–H and O–H groups in total. The van der Waals surface area contributed by atoms with Gasteiger partial charge in [0.2, 0.25) is 0 Å². The molecule has 0 radical (unpaired) electrons. The zero-order chi connectivity index (χ0) is 21.3. The monoisotopic (exact) mass is 415 g/mol. The number of imidazole rings is 1. The summed E-state index contributed by atoms with van der Waals surface area (Å²) in [6, 6.07) is 10.9. The first-order valence-electron chi connectivity index (χ1n) is 8.62. The van der Waals surface area contributed by atoms with Crippen molar-refractivity contribution in [2.24, 2.45) is 0 Å². The standard InChI is InChI=1S/C19H14F3N6O2/c1-30-28(29)13-7-5-12(6-8-13)24-15-11-23-10-14(25-15)17-18(19(20,21)22)26-16-4-2-3-9-27(16)17/h2-11H,1H3,(H,24,25)/q+1. The number of benzene rings is 1.